The molecule has 0 spiro atoms. The fourth-order valence-electron chi connectivity index (χ4n) is 4.25. The second kappa shape index (κ2) is 11.5. The van der Waals surface area contributed by atoms with Gasteiger partial charge in [0, 0.05) is 29.4 Å². The molecule has 2 heterocycles. The number of rotatable bonds is 9. The zero-order chi connectivity index (χ0) is 30.8. The number of hydrogen-bond donors (Lipinski definition) is 3. The van der Waals surface area contributed by atoms with Gasteiger partial charge in [-0.3, -0.25) is 23.9 Å². The van der Waals surface area contributed by atoms with Crippen LogP contribution in [0.1, 0.15) is 44.4 Å². The second-order valence-electron chi connectivity index (χ2n) is 10.4. The standard InChI is InChI=1S/C28H30F3N7O4/c1-16(2)35-24-26(41)37(22(13-34-24)19-9-20(28(29,30)31)11-21(32)10-19)14-23(40)33-12-17-5-7-18(8-6-17)25-36-42-27(3,4)38(25)15-39/h5-11,13,15-16H,12,14,32H2,1-4H3,(H,33,40)(H,34,35). The monoisotopic (exact) mass is 585 g/mol. The minimum Gasteiger partial charge on any atom is -0.399 e. The van der Waals surface area contributed by atoms with E-state index in [4.69, 9.17) is 10.6 Å². The van der Waals surface area contributed by atoms with Gasteiger partial charge in [-0.2, -0.15) is 13.2 Å². The molecular weight excluding hydrogens is 555 g/mol. The predicted molar refractivity (Wildman–Crippen MR) is 150 cm³/mol. The molecule has 14 heteroatoms. The molecule has 11 nitrogen and oxygen atoms in total. The summed E-state index contributed by atoms with van der Waals surface area (Å²) in [6, 6.07) is 9.64. The number of carbonyl (C=O) groups excluding carboxylic acids is 2. The number of nitrogens with zero attached hydrogens (tertiary/aromatic N) is 4. The lowest BCUT2D eigenvalue weighted by molar-refractivity contribution is -0.137. The average Bonchev–Trinajstić information content (AvgIpc) is 3.22. The maximum atomic E-state index is 13.5. The topological polar surface area (TPSA) is 144 Å². The van der Waals surface area contributed by atoms with Crippen molar-refractivity contribution < 1.29 is 27.6 Å². The molecule has 1 aliphatic heterocycles. The van der Waals surface area contributed by atoms with Gasteiger partial charge in [0.2, 0.25) is 18.0 Å². The summed E-state index contributed by atoms with van der Waals surface area (Å²) in [5, 5.41) is 9.58. The van der Waals surface area contributed by atoms with Gasteiger partial charge in [-0.05, 0) is 51.5 Å². The highest BCUT2D eigenvalue weighted by atomic mass is 19.4. The van der Waals surface area contributed by atoms with Crippen molar-refractivity contribution in [2.75, 3.05) is 11.1 Å². The third-order valence-corrected chi connectivity index (χ3v) is 6.33. The third kappa shape index (κ3) is 6.53. The number of amidine groups is 1. The van der Waals surface area contributed by atoms with Crippen LogP contribution in [0.2, 0.25) is 0 Å². The Bertz CT molecular complexity index is 1580. The molecule has 2 aromatic carbocycles. The molecule has 0 radical (unpaired) electrons. The number of nitrogens with two attached hydrogens (primary N) is 1. The molecule has 4 rings (SSSR count). The minimum atomic E-state index is -4.67. The smallest absolute Gasteiger partial charge is 0.399 e. The van der Waals surface area contributed by atoms with Gasteiger partial charge in [0.1, 0.15) is 6.54 Å². The number of oxime groups is 1. The van der Waals surface area contributed by atoms with Gasteiger partial charge in [-0.1, -0.05) is 29.4 Å². The van der Waals surface area contributed by atoms with Crippen molar-refractivity contribution in [1.29, 1.82) is 0 Å². The van der Waals surface area contributed by atoms with E-state index < -0.39 is 35.5 Å². The van der Waals surface area contributed by atoms with Crippen LogP contribution in [0.3, 0.4) is 0 Å². The third-order valence-electron chi connectivity index (χ3n) is 6.33. The molecule has 1 aromatic heterocycles. The molecule has 0 bridgehead atoms. The largest absolute Gasteiger partial charge is 0.416 e. The molecule has 0 unspecified atom stereocenters. The predicted octanol–water partition coefficient (Wildman–Crippen LogP) is 3.53. The first-order chi connectivity index (χ1) is 19.7. The van der Waals surface area contributed by atoms with Crippen LogP contribution in [0.25, 0.3) is 11.3 Å². The molecule has 222 valence electrons. The highest BCUT2D eigenvalue weighted by Gasteiger charge is 2.38. The zero-order valence-corrected chi connectivity index (χ0v) is 23.3. The number of amides is 2. The van der Waals surface area contributed by atoms with Crippen LogP contribution < -0.4 is 21.9 Å². The molecule has 42 heavy (non-hydrogen) atoms. The van der Waals surface area contributed by atoms with Crippen molar-refractivity contribution in [3.63, 3.8) is 0 Å². The van der Waals surface area contributed by atoms with Crippen molar-refractivity contribution in [3.8, 4) is 11.3 Å². The van der Waals surface area contributed by atoms with Gasteiger partial charge in [0.25, 0.3) is 5.56 Å². The maximum Gasteiger partial charge on any atom is 0.416 e. The van der Waals surface area contributed by atoms with E-state index >= 15 is 0 Å². The fourth-order valence-corrected chi connectivity index (χ4v) is 4.25. The Morgan fingerprint density at radius 2 is 1.83 bits per heavy atom. The first-order valence-electron chi connectivity index (χ1n) is 12.9. The quantitative estimate of drug-likeness (QED) is 0.257. The Balaban J connectivity index is 1.56. The summed E-state index contributed by atoms with van der Waals surface area (Å²) in [4.78, 5) is 48.6. The molecule has 0 fully saturated rings. The summed E-state index contributed by atoms with van der Waals surface area (Å²) in [5.74, 6) is -0.272. The number of aromatic nitrogens is 2. The molecule has 2 amide bonds. The molecule has 0 saturated heterocycles. The Morgan fingerprint density at radius 3 is 2.45 bits per heavy atom. The lowest BCUT2D eigenvalue weighted by Gasteiger charge is -2.25. The van der Waals surface area contributed by atoms with Gasteiger partial charge >= 0.3 is 6.18 Å². The summed E-state index contributed by atoms with van der Waals surface area (Å²) < 4.78 is 41.4. The first-order valence-corrected chi connectivity index (χ1v) is 12.9. The van der Waals surface area contributed by atoms with Crippen LogP contribution in [0.5, 0.6) is 0 Å². The van der Waals surface area contributed by atoms with Crippen molar-refractivity contribution in [2.24, 2.45) is 5.16 Å². The average molecular weight is 586 g/mol. The number of alkyl halides is 3. The lowest BCUT2D eigenvalue weighted by Crippen LogP contribution is -2.43. The van der Waals surface area contributed by atoms with Crippen LogP contribution in [-0.4, -0.2) is 44.4 Å². The van der Waals surface area contributed by atoms with Gasteiger partial charge in [-0.15, -0.1) is 0 Å². The summed E-state index contributed by atoms with van der Waals surface area (Å²) in [5.41, 5.74) is 4.29. The van der Waals surface area contributed by atoms with E-state index in [1.54, 1.807) is 52.0 Å². The SMILES string of the molecule is CC(C)Nc1ncc(-c2cc(N)cc(C(F)(F)F)c2)n(CC(=O)NCc2ccc(C3=NOC(C)(C)N3C=O)cc2)c1=O. The van der Waals surface area contributed by atoms with Crippen molar-refractivity contribution in [1.82, 2.24) is 19.8 Å². The maximum absolute atomic E-state index is 13.5. The highest BCUT2D eigenvalue weighted by molar-refractivity contribution is 6.04. The van der Waals surface area contributed by atoms with Crippen LogP contribution in [0.15, 0.2) is 58.6 Å². The van der Waals surface area contributed by atoms with E-state index in [0.717, 1.165) is 16.7 Å². The zero-order valence-electron chi connectivity index (χ0n) is 23.3. The summed E-state index contributed by atoms with van der Waals surface area (Å²) >= 11 is 0. The van der Waals surface area contributed by atoms with Crippen LogP contribution in [0.4, 0.5) is 24.7 Å². The number of anilines is 2. The number of halogens is 3. The van der Waals surface area contributed by atoms with Gasteiger partial charge < -0.3 is 21.2 Å². The van der Waals surface area contributed by atoms with Crippen LogP contribution in [0, 0.1) is 0 Å². The van der Waals surface area contributed by atoms with E-state index in [2.05, 4.69) is 20.8 Å². The van der Waals surface area contributed by atoms with Gasteiger partial charge in [-0.25, -0.2) is 4.98 Å². The number of nitrogens with one attached hydrogen (secondary N) is 2. The minimum absolute atomic E-state index is 0.00572. The fraction of sp³-hybridized carbons (Fsp3) is 0.321. The molecule has 4 N–H and O–H groups in total. The van der Waals surface area contributed by atoms with Crippen molar-refractivity contribution in [2.45, 2.75) is 58.7 Å². The van der Waals surface area contributed by atoms with Crippen molar-refractivity contribution in [3.05, 3.63) is 75.7 Å². The molecule has 0 saturated carbocycles. The number of carbonyl (C=O) groups is 2. The normalized spacial score (nSPS) is 14.4. The Labute approximate surface area is 239 Å². The van der Waals surface area contributed by atoms with Crippen molar-refractivity contribution >= 4 is 29.7 Å². The van der Waals surface area contributed by atoms with Gasteiger partial charge in [0.15, 0.2) is 11.7 Å². The molecule has 1 aliphatic rings. The molecular formula is C28H30F3N7O4. The van der Waals surface area contributed by atoms with E-state index in [1.807, 2.05) is 0 Å². The van der Waals surface area contributed by atoms with E-state index in [9.17, 15) is 27.6 Å². The molecule has 0 atom stereocenters. The number of hydrogen-bond acceptors (Lipinski definition) is 8. The summed E-state index contributed by atoms with van der Waals surface area (Å²) in [6.45, 7) is 6.57. The lowest BCUT2D eigenvalue weighted by atomic mass is 10.1. The van der Waals surface area contributed by atoms with E-state index in [0.29, 0.717) is 23.4 Å². The number of nitrogen functional groups attached to an aromatic ring is 1. The first kappa shape index (κ1) is 30.1. The Kier molecular flexibility index (Phi) is 8.27. The highest BCUT2D eigenvalue weighted by Crippen LogP contribution is 2.34. The summed E-state index contributed by atoms with van der Waals surface area (Å²) in [7, 11) is 0. The molecule has 3 aromatic rings. The number of benzene rings is 2. The molecule has 0 aliphatic carbocycles. The Hall–Kier alpha value is -4.88. The Morgan fingerprint density at radius 1 is 1.14 bits per heavy atom. The van der Waals surface area contributed by atoms with E-state index in [1.165, 1.54) is 17.2 Å². The van der Waals surface area contributed by atoms with E-state index in [-0.39, 0.29) is 35.3 Å². The van der Waals surface area contributed by atoms with Gasteiger partial charge in [0.05, 0.1) is 17.5 Å². The van der Waals surface area contributed by atoms with Crippen LogP contribution >= 0.6 is 0 Å². The second-order valence-corrected chi connectivity index (χ2v) is 10.4. The summed E-state index contributed by atoms with van der Waals surface area (Å²) in [6.07, 6.45) is -2.81. The van der Waals surface area contributed by atoms with Crippen LogP contribution in [-0.2, 0) is 33.7 Å².